The van der Waals surface area contributed by atoms with Gasteiger partial charge in [0.05, 0.1) is 18.9 Å². The lowest BCUT2D eigenvalue weighted by molar-refractivity contribution is 0.122. The van der Waals surface area contributed by atoms with Crippen LogP contribution in [0, 0.1) is 6.92 Å². The zero-order valence-corrected chi connectivity index (χ0v) is 18.0. The summed E-state index contributed by atoms with van der Waals surface area (Å²) in [5.74, 6) is 2.06. The first-order valence-corrected chi connectivity index (χ1v) is 10.5. The molecule has 2 aromatic heterocycles. The number of rotatable bonds is 6. The van der Waals surface area contributed by atoms with Gasteiger partial charge in [-0.2, -0.15) is 0 Å². The van der Waals surface area contributed by atoms with Crippen LogP contribution in [0.5, 0.6) is 11.5 Å². The van der Waals surface area contributed by atoms with Gasteiger partial charge >= 0.3 is 0 Å². The van der Waals surface area contributed by atoms with Crippen LogP contribution in [0.25, 0.3) is 11.3 Å². The molecule has 4 rings (SSSR count). The predicted molar refractivity (Wildman–Crippen MR) is 120 cm³/mol. The molecule has 0 saturated carbocycles. The van der Waals surface area contributed by atoms with Gasteiger partial charge in [0.25, 0.3) is 0 Å². The highest BCUT2D eigenvalue weighted by molar-refractivity contribution is 6.30. The summed E-state index contributed by atoms with van der Waals surface area (Å²) in [5, 5.41) is 0.543. The van der Waals surface area contributed by atoms with Crippen LogP contribution in [0.3, 0.4) is 0 Å². The minimum absolute atomic E-state index is 0.0802. The van der Waals surface area contributed by atoms with Crippen molar-refractivity contribution in [3.8, 4) is 22.8 Å². The molecule has 3 aromatic rings. The van der Waals surface area contributed by atoms with Gasteiger partial charge in [-0.05, 0) is 25.1 Å². The van der Waals surface area contributed by atoms with Crippen molar-refractivity contribution < 1.29 is 13.9 Å². The molecule has 1 fully saturated rings. The maximum Gasteiger partial charge on any atom is 0.139 e. The van der Waals surface area contributed by atoms with Crippen molar-refractivity contribution in [2.45, 2.75) is 13.1 Å². The number of hydrogen-bond acceptors (Lipinski definition) is 6. The number of anilines is 1. The molecule has 0 amide bonds. The monoisotopic (exact) mass is 442 g/mol. The molecule has 1 aliphatic rings. The van der Waals surface area contributed by atoms with Gasteiger partial charge in [0.1, 0.15) is 23.5 Å². The van der Waals surface area contributed by atoms with Crippen LogP contribution in [-0.4, -0.2) is 42.8 Å². The number of aryl methyl sites for hydroxylation is 1. The fourth-order valence-electron chi connectivity index (χ4n) is 3.44. The number of morpholine rings is 1. The van der Waals surface area contributed by atoms with Gasteiger partial charge < -0.3 is 20.1 Å². The van der Waals surface area contributed by atoms with Gasteiger partial charge in [0.15, 0.2) is 0 Å². The molecule has 8 heteroatoms. The Bertz CT molecular complexity index is 1040. The molecule has 1 saturated heterocycles. The van der Waals surface area contributed by atoms with E-state index in [1.165, 1.54) is 6.20 Å². The predicted octanol–water partition coefficient (Wildman–Crippen LogP) is 4.70. The summed E-state index contributed by atoms with van der Waals surface area (Å²) >= 11 is 6.24. The average Bonchev–Trinajstić information content (AvgIpc) is 2.79. The quantitative estimate of drug-likeness (QED) is 0.596. The first-order valence-electron chi connectivity index (χ1n) is 10.1. The number of benzene rings is 1. The number of ether oxygens (including phenoxy) is 2. The van der Waals surface area contributed by atoms with Crippen molar-refractivity contribution in [1.29, 1.82) is 0 Å². The third kappa shape index (κ3) is 5.12. The molecule has 162 valence electrons. The second-order valence-electron chi connectivity index (χ2n) is 7.32. The first-order chi connectivity index (χ1) is 15.0. The number of alkyl halides is 1. The van der Waals surface area contributed by atoms with E-state index in [4.69, 9.17) is 26.8 Å². The molecule has 6 nitrogen and oxygen atoms in total. The van der Waals surface area contributed by atoms with Crippen molar-refractivity contribution in [1.82, 2.24) is 9.97 Å². The van der Waals surface area contributed by atoms with E-state index in [1.807, 2.05) is 25.1 Å². The van der Waals surface area contributed by atoms with Crippen LogP contribution in [0.1, 0.15) is 17.4 Å². The van der Waals surface area contributed by atoms with Gasteiger partial charge in [-0.15, -0.1) is 0 Å². The number of aromatic nitrogens is 2. The minimum atomic E-state index is -1.24. The van der Waals surface area contributed by atoms with Crippen molar-refractivity contribution in [3.05, 3.63) is 64.9 Å². The van der Waals surface area contributed by atoms with E-state index >= 15 is 0 Å². The third-order valence-corrected chi connectivity index (χ3v) is 5.29. The molecule has 0 bridgehead atoms. The second kappa shape index (κ2) is 9.60. The summed E-state index contributed by atoms with van der Waals surface area (Å²) in [6.07, 6.45) is 0.263. The Morgan fingerprint density at radius 2 is 2.00 bits per heavy atom. The largest absolute Gasteiger partial charge is 0.456 e. The topological polar surface area (TPSA) is 73.5 Å². The normalized spacial score (nSPS) is 15.0. The fraction of sp³-hybridized carbons (Fsp3) is 0.304. The summed E-state index contributed by atoms with van der Waals surface area (Å²) in [4.78, 5) is 11.2. The Morgan fingerprint density at radius 1 is 1.19 bits per heavy atom. The zero-order valence-electron chi connectivity index (χ0n) is 17.2. The Hall–Kier alpha value is -2.74. The van der Waals surface area contributed by atoms with Crippen molar-refractivity contribution >= 4 is 17.4 Å². The Kier molecular flexibility index (Phi) is 6.65. The second-order valence-corrected chi connectivity index (χ2v) is 7.76. The minimum Gasteiger partial charge on any atom is -0.456 e. The Morgan fingerprint density at radius 3 is 2.71 bits per heavy atom. The van der Waals surface area contributed by atoms with E-state index in [9.17, 15) is 4.39 Å². The molecule has 2 N–H and O–H groups in total. The fourth-order valence-corrected chi connectivity index (χ4v) is 3.60. The number of hydrogen-bond donors (Lipinski definition) is 1. The maximum absolute atomic E-state index is 13.8. The van der Waals surface area contributed by atoms with E-state index in [0.29, 0.717) is 41.0 Å². The molecular weight excluding hydrogens is 419 g/mol. The highest BCUT2D eigenvalue weighted by Crippen LogP contribution is 2.36. The van der Waals surface area contributed by atoms with Crippen LogP contribution >= 0.6 is 11.6 Å². The van der Waals surface area contributed by atoms with Crippen LogP contribution in [0.15, 0.2) is 48.7 Å². The molecule has 1 atom stereocenters. The van der Waals surface area contributed by atoms with Gasteiger partial charge in [-0.1, -0.05) is 17.7 Å². The first kappa shape index (κ1) is 21.5. The molecule has 31 heavy (non-hydrogen) atoms. The van der Waals surface area contributed by atoms with E-state index in [1.54, 1.807) is 24.3 Å². The standard InChI is InChI=1S/C23H24ClFN4O2/c1-15-10-18(12-23(28-15)29-6-8-30-9-7-29)31-22-11-17(24)3-4-19(22)21-5-2-16(14-27-21)20(25)13-26/h2-5,10-12,14,20H,6-9,13,26H2,1H3/t20-/m0/s1. The molecule has 1 aliphatic heterocycles. The highest BCUT2D eigenvalue weighted by Gasteiger charge is 2.16. The molecule has 1 aromatic carbocycles. The summed E-state index contributed by atoms with van der Waals surface area (Å²) in [5.41, 5.74) is 8.10. The summed E-state index contributed by atoms with van der Waals surface area (Å²) < 4.78 is 25.5. The van der Waals surface area contributed by atoms with Crippen molar-refractivity contribution in [2.24, 2.45) is 5.73 Å². The van der Waals surface area contributed by atoms with E-state index in [2.05, 4.69) is 14.9 Å². The van der Waals surface area contributed by atoms with Gasteiger partial charge in [-0.25, -0.2) is 9.37 Å². The van der Waals surface area contributed by atoms with Crippen LogP contribution in [0.2, 0.25) is 5.02 Å². The summed E-state index contributed by atoms with van der Waals surface area (Å²) in [6.45, 7) is 4.77. The van der Waals surface area contributed by atoms with Crippen LogP contribution in [-0.2, 0) is 4.74 Å². The molecular formula is C23H24ClFN4O2. The van der Waals surface area contributed by atoms with E-state index < -0.39 is 6.17 Å². The summed E-state index contributed by atoms with van der Waals surface area (Å²) in [7, 11) is 0. The molecule has 0 aliphatic carbocycles. The third-order valence-electron chi connectivity index (χ3n) is 5.05. The maximum atomic E-state index is 13.8. The smallest absolute Gasteiger partial charge is 0.139 e. The van der Waals surface area contributed by atoms with Crippen LogP contribution < -0.4 is 15.4 Å². The van der Waals surface area contributed by atoms with Gasteiger partial charge in [-0.3, -0.25) is 4.98 Å². The molecule has 0 unspecified atom stereocenters. The molecule has 0 spiro atoms. The lowest BCUT2D eigenvalue weighted by Crippen LogP contribution is -2.36. The molecule has 0 radical (unpaired) electrons. The number of halogens is 2. The Balaban J connectivity index is 1.65. The lowest BCUT2D eigenvalue weighted by atomic mass is 10.1. The summed E-state index contributed by atoms with van der Waals surface area (Å²) in [6, 6.07) is 12.6. The van der Waals surface area contributed by atoms with Crippen molar-refractivity contribution in [3.63, 3.8) is 0 Å². The SMILES string of the molecule is Cc1cc(Oc2cc(Cl)ccc2-c2ccc([C@@H](F)CN)cn2)cc(N2CCOCC2)n1. The Labute approximate surface area is 185 Å². The average molecular weight is 443 g/mol. The van der Waals surface area contributed by atoms with Crippen LogP contribution in [0.4, 0.5) is 10.2 Å². The lowest BCUT2D eigenvalue weighted by Gasteiger charge is -2.28. The van der Waals surface area contributed by atoms with Gasteiger partial charge in [0.2, 0.25) is 0 Å². The van der Waals surface area contributed by atoms with Gasteiger partial charge in [0, 0.05) is 65.9 Å². The number of pyridine rings is 2. The molecule has 3 heterocycles. The van der Waals surface area contributed by atoms with Crippen molar-refractivity contribution in [2.75, 3.05) is 37.7 Å². The zero-order chi connectivity index (χ0) is 21.8. The van der Waals surface area contributed by atoms with E-state index in [-0.39, 0.29) is 6.54 Å². The number of nitrogens with two attached hydrogens (primary N) is 1. The highest BCUT2D eigenvalue weighted by atomic mass is 35.5. The number of nitrogens with zero attached hydrogens (tertiary/aromatic N) is 3. The van der Waals surface area contributed by atoms with E-state index in [0.717, 1.165) is 30.2 Å².